The Morgan fingerprint density at radius 1 is 1.00 bits per heavy atom. The van der Waals surface area contributed by atoms with E-state index in [1.807, 2.05) is 0 Å². The summed E-state index contributed by atoms with van der Waals surface area (Å²) in [5.41, 5.74) is 0.752. The molecular weight excluding hydrogens is 288 g/mol. The fourth-order valence-corrected chi connectivity index (χ4v) is 2.18. The summed E-state index contributed by atoms with van der Waals surface area (Å²) in [6.45, 7) is 12.9. The van der Waals surface area contributed by atoms with Gasteiger partial charge in [0.15, 0.2) is 0 Å². The van der Waals surface area contributed by atoms with Crippen molar-refractivity contribution in [2.75, 3.05) is 0 Å². The van der Waals surface area contributed by atoms with Gasteiger partial charge in [-0.15, -0.1) is 6.58 Å². The van der Waals surface area contributed by atoms with Crippen LogP contribution in [0.3, 0.4) is 0 Å². The Hall–Kier alpha value is -0.900. The highest BCUT2D eigenvalue weighted by Crippen LogP contribution is 2.18. The van der Waals surface area contributed by atoms with Crippen LogP contribution in [0, 0.1) is 0 Å². The van der Waals surface area contributed by atoms with Crippen molar-refractivity contribution in [1.29, 1.82) is 0 Å². The van der Waals surface area contributed by atoms with Gasteiger partial charge in [-0.25, -0.2) is 0 Å². The van der Waals surface area contributed by atoms with Crippen LogP contribution in [0.2, 0.25) is 0 Å². The highest BCUT2D eigenvalue weighted by molar-refractivity contribution is 5.05. The molecule has 3 heteroatoms. The van der Waals surface area contributed by atoms with Crippen LogP contribution < -0.4 is 0 Å². The quantitative estimate of drug-likeness (QED) is 0.497. The van der Waals surface area contributed by atoms with E-state index in [4.69, 9.17) is 0 Å². The van der Waals surface area contributed by atoms with Crippen LogP contribution in [0.25, 0.3) is 0 Å². The van der Waals surface area contributed by atoms with Crippen molar-refractivity contribution in [1.82, 2.24) is 0 Å². The largest absolute Gasteiger partial charge is 0.390 e. The average molecular weight is 325 g/mol. The van der Waals surface area contributed by atoms with Gasteiger partial charge in [0.05, 0.1) is 17.3 Å². The molecule has 0 aliphatic rings. The smallest absolute Gasteiger partial charge is 0.0849 e. The molecule has 0 aromatic rings. The van der Waals surface area contributed by atoms with Gasteiger partial charge in [-0.2, -0.15) is 0 Å². The predicted octanol–water partition coefficient (Wildman–Crippen LogP) is 4.29. The lowest BCUT2D eigenvalue weighted by Crippen LogP contribution is -2.35. The SMILES string of the molecule is C=C[C@@](C)(O)CC/C=C(\C)CC/C=C(\C)CC[C@H](O)C(C)(C)O. The summed E-state index contributed by atoms with van der Waals surface area (Å²) < 4.78 is 0. The first kappa shape index (κ1) is 22.1. The first-order chi connectivity index (χ1) is 10.5. The molecule has 0 heterocycles. The third kappa shape index (κ3) is 11.3. The summed E-state index contributed by atoms with van der Waals surface area (Å²) in [6, 6.07) is 0. The molecular formula is C20H36O3. The number of aliphatic hydroxyl groups is 3. The number of aliphatic hydroxyl groups excluding tert-OH is 1. The second-order valence-corrected chi connectivity index (χ2v) is 7.45. The summed E-state index contributed by atoms with van der Waals surface area (Å²) in [5, 5.41) is 29.4. The second-order valence-electron chi connectivity index (χ2n) is 7.45. The molecule has 0 aliphatic heterocycles. The molecule has 0 unspecified atom stereocenters. The van der Waals surface area contributed by atoms with E-state index in [1.165, 1.54) is 11.1 Å². The van der Waals surface area contributed by atoms with E-state index in [-0.39, 0.29) is 0 Å². The Morgan fingerprint density at radius 2 is 1.52 bits per heavy atom. The van der Waals surface area contributed by atoms with Crippen molar-refractivity contribution in [3.63, 3.8) is 0 Å². The van der Waals surface area contributed by atoms with Crippen molar-refractivity contribution in [2.24, 2.45) is 0 Å². The molecule has 2 atom stereocenters. The van der Waals surface area contributed by atoms with Gasteiger partial charge in [-0.1, -0.05) is 29.4 Å². The maximum absolute atomic E-state index is 9.85. The van der Waals surface area contributed by atoms with Crippen LogP contribution in [0.15, 0.2) is 36.0 Å². The molecule has 0 amide bonds. The lowest BCUT2D eigenvalue weighted by Gasteiger charge is -2.24. The molecule has 0 fully saturated rings. The molecule has 0 aromatic heterocycles. The zero-order valence-electron chi connectivity index (χ0n) is 15.6. The van der Waals surface area contributed by atoms with Crippen LogP contribution in [-0.4, -0.2) is 32.6 Å². The van der Waals surface area contributed by atoms with Gasteiger partial charge in [0.25, 0.3) is 0 Å². The first-order valence-corrected chi connectivity index (χ1v) is 8.55. The molecule has 0 aromatic carbocycles. The van der Waals surface area contributed by atoms with Gasteiger partial charge in [0.1, 0.15) is 0 Å². The highest BCUT2D eigenvalue weighted by Gasteiger charge is 2.23. The fourth-order valence-electron chi connectivity index (χ4n) is 2.18. The second kappa shape index (κ2) is 10.1. The van der Waals surface area contributed by atoms with Crippen LogP contribution in [0.4, 0.5) is 0 Å². The molecule has 0 saturated carbocycles. The third-order valence-electron chi connectivity index (χ3n) is 4.24. The Labute approximate surface area is 142 Å². The maximum Gasteiger partial charge on any atom is 0.0849 e. The van der Waals surface area contributed by atoms with E-state index >= 15 is 0 Å². The van der Waals surface area contributed by atoms with Gasteiger partial charge in [0.2, 0.25) is 0 Å². The number of hydrogen-bond donors (Lipinski definition) is 3. The van der Waals surface area contributed by atoms with Gasteiger partial charge in [-0.05, 0) is 73.1 Å². The lowest BCUT2D eigenvalue weighted by atomic mass is 9.95. The third-order valence-corrected chi connectivity index (χ3v) is 4.24. The van der Waals surface area contributed by atoms with Gasteiger partial charge in [-0.3, -0.25) is 0 Å². The van der Waals surface area contributed by atoms with E-state index < -0.39 is 17.3 Å². The minimum Gasteiger partial charge on any atom is -0.390 e. The monoisotopic (exact) mass is 324 g/mol. The molecule has 0 aliphatic carbocycles. The standard InChI is InChI=1S/C20H36O3/c1-7-20(6,23)15-9-12-16(2)10-8-11-17(3)13-14-18(21)19(4,5)22/h7,11-12,18,21-23H,1,8-10,13-15H2,2-6H3/b16-12+,17-11+/t18-,20+/m0/s1. The molecule has 23 heavy (non-hydrogen) atoms. The Morgan fingerprint density at radius 3 is 2.04 bits per heavy atom. The number of hydrogen-bond acceptors (Lipinski definition) is 3. The van der Waals surface area contributed by atoms with E-state index in [0.717, 1.165) is 25.7 Å². The predicted molar refractivity (Wildman–Crippen MR) is 98.3 cm³/mol. The fraction of sp³-hybridized carbons (Fsp3) is 0.700. The molecule has 3 N–H and O–H groups in total. The van der Waals surface area contributed by atoms with Crippen LogP contribution in [0.5, 0.6) is 0 Å². The minimum absolute atomic E-state index is 0.581. The van der Waals surface area contributed by atoms with Crippen LogP contribution >= 0.6 is 0 Å². The number of rotatable bonds is 11. The molecule has 0 rings (SSSR count). The van der Waals surface area contributed by atoms with Crippen molar-refractivity contribution in [2.45, 2.75) is 90.4 Å². The van der Waals surface area contributed by atoms with E-state index in [9.17, 15) is 15.3 Å². The lowest BCUT2D eigenvalue weighted by molar-refractivity contribution is -0.0509. The van der Waals surface area contributed by atoms with Crippen molar-refractivity contribution in [3.05, 3.63) is 36.0 Å². The molecule has 0 bridgehead atoms. The van der Waals surface area contributed by atoms with E-state index in [2.05, 4.69) is 32.6 Å². The molecule has 134 valence electrons. The van der Waals surface area contributed by atoms with Crippen LogP contribution in [-0.2, 0) is 0 Å². The Kier molecular flexibility index (Phi) is 9.67. The summed E-state index contributed by atoms with van der Waals surface area (Å²) >= 11 is 0. The van der Waals surface area contributed by atoms with Crippen molar-refractivity contribution < 1.29 is 15.3 Å². The summed E-state index contributed by atoms with van der Waals surface area (Å²) in [4.78, 5) is 0. The van der Waals surface area contributed by atoms with Gasteiger partial charge < -0.3 is 15.3 Å². The maximum atomic E-state index is 9.85. The van der Waals surface area contributed by atoms with Crippen molar-refractivity contribution in [3.8, 4) is 0 Å². The summed E-state index contributed by atoms with van der Waals surface area (Å²) in [7, 11) is 0. The van der Waals surface area contributed by atoms with Crippen LogP contribution in [0.1, 0.15) is 73.1 Å². The molecule has 0 spiro atoms. The normalized spacial score (nSPS) is 17.7. The summed E-state index contributed by atoms with van der Waals surface area (Å²) in [6.07, 6.45) is 10.2. The number of allylic oxidation sites excluding steroid dienone is 4. The van der Waals surface area contributed by atoms with E-state index in [1.54, 1.807) is 26.8 Å². The Balaban J connectivity index is 4.09. The molecule has 0 saturated heterocycles. The highest BCUT2D eigenvalue weighted by atomic mass is 16.3. The topological polar surface area (TPSA) is 60.7 Å². The average Bonchev–Trinajstić information content (AvgIpc) is 2.43. The summed E-state index contributed by atoms with van der Waals surface area (Å²) in [5.74, 6) is 0. The molecule has 0 radical (unpaired) electrons. The van der Waals surface area contributed by atoms with Gasteiger partial charge in [0, 0.05) is 0 Å². The molecule has 3 nitrogen and oxygen atoms in total. The van der Waals surface area contributed by atoms with E-state index in [0.29, 0.717) is 12.8 Å². The van der Waals surface area contributed by atoms with Crippen molar-refractivity contribution >= 4 is 0 Å². The first-order valence-electron chi connectivity index (χ1n) is 8.55. The Bertz CT molecular complexity index is 411. The zero-order chi connectivity index (χ0) is 18.1. The van der Waals surface area contributed by atoms with Gasteiger partial charge >= 0.3 is 0 Å². The zero-order valence-corrected chi connectivity index (χ0v) is 15.6. The minimum atomic E-state index is -1.04.